The van der Waals surface area contributed by atoms with Gasteiger partial charge in [0.25, 0.3) is 5.56 Å². The summed E-state index contributed by atoms with van der Waals surface area (Å²) < 4.78 is 0.888. The Morgan fingerprint density at radius 1 is 1.46 bits per heavy atom. The summed E-state index contributed by atoms with van der Waals surface area (Å²) in [6.07, 6.45) is 1.10. The monoisotopic (exact) mass is 388 g/mol. The number of amides is 2. The van der Waals surface area contributed by atoms with E-state index >= 15 is 0 Å². The van der Waals surface area contributed by atoms with Crippen molar-refractivity contribution in [3.8, 4) is 11.9 Å². The maximum Gasteiger partial charge on any atom is 0.345 e. The van der Waals surface area contributed by atoms with E-state index in [9.17, 15) is 14.7 Å². The second kappa shape index (κ2) is 7.10. The molecule has 0 aliphatic carbocycles. The lowest BCUT2D eigenvalue weighted by atomic mass is 10.1. The first-order valence-corrected chi connectivity index (χ1v) is 7.60. The number of carbonyl (C=O) groups is 1. The molecule has 7 nitrogen and oxygen atoms in total. The van der Waals surface area contributed by atoms with E-state index in [2.05, 4.69) is 31.2 Å². The number of halogens is 1. The molecule has 2 rings (SSSR count). The van der Waals surface area contributed by atoms with Gasteiger partial charge in [0.05, 0.1) is 5.56 Å². The molecule has 2 aromatic rings. The molecule has 0 atom stereocenters. The topological polar surface area (TPSA) is 118 Å². The van der Waals surface area contributed by atoms with Gasteiger partial charge >= 0.3 is 6.03 Å². The van der Waals surface area contributed by atoms with Gasteiger partial charge in [0.2, 0.25) is 5.88 Å². The number of aromatic amines is 1. The zero-order chi connectivity index (χ0) is 17.9. The van der Waals surface area contributed by atoms with Crippen LogP contribution in [0.15, 0.2) is 32.5 Å². The fourth-order valence-electron chi connectivity index (χ4n) is 2.05. The van der Waals surface area contributed by atoms with Crippen molar-refractivity contribution < 1.29 is 9.90 Å². The third-order valence-electron chi connectivity index (χ3n) is 3.35. The molecule has 3 N–H and O–H groups in total. The molecule has 1 aromatic carbocycles. The van der Waals surface area contributed by atoms with Crippen molar-refractivity contribution in [1.82, 2.24) is 4.98 Å². The summed E-state index contributed by atoms with van der Waals surface area (Å²) in [7, 11) is 0. The number of nitrogens with one attached hydrogen (secondary N) is 2. The summed E-state index contributed by atoms with van der Waals surface area (Å²) in [6, 6.07) is 6.45. The molecule has 0 unspecified atom stereocenters. The Labute approximate surface area is 145 Å². The van der Waals surface area contributed by atoms with Gasteiger partial charge in [0, 0.05) is 16.4 Å². The number of H-pyrrole nitrogens is 1. The highest BCUT2D eigenvalue weighted by molar-refractivity contribution is 9.10. The fraction of sp³-hybridized carbons (Fsp3) is 0.125. The fourth-order valence-corrected chi connectivity index (χ4v) is 2.53. The lowest BCUT2D eigenvalue weighted by Gasteiger charge is -2.07. The molecule has 0 fully saturated rings. The van der Waals surface area contributed by atoms with Crippen LogP contribution in [-0.4, -0.2) is 22.3 Å². The normalized spacial score (nSPS) is 10.6. The van der Waals surface area contributed by atoms with Gasteiger partial charge in [-0.3, -0.25) is 9.78 Å². The van der Waals surface area contributed by atoms with Crippen LogP contribution in [0.1, 0.15) is 22.3 Å². The molecule has 1 aromatic heterocycles. The van der Waals surface area contributed by atoms with Gasteiger partial charge in [-0.05, 0) is 43.2 Å². The summed E-state index contributed by atoms with van der Waals surface area (Å²) >= 11 is 3.33. The van der Waals surface area contributed by atoms with E-state index in [4.69, 9.17) is 5.26 Å². The molecule has 0 aliphatic rings. The number of aliphatic imine (C=N–C) groups is 1. The first kappa shape index (κ1) is 17.4. The van der Waals surface area contributed by atoms with Crippen LogP contribution in [0.3, 0.4) is 0 Å². The Balaban J connectivity index is 2.27. The third kappa shape index (κ3) is 3.70. The number of rotatable bonds is 2. The van der Waals surface area contributed by atoms with Crippen molar-refractivity contribution in [3.05, 3.63) is 55.3 Å². The lowest BCUT2D eigenvalue weighted by Crippen LogP contribution is -2.14. The lowest BCUT2D eigenvalue weighted by molar-refractivity contribution is 0.259. The van der Waals surface area contributed by atoms with Crippen molar-refractivity contribution in [2.75, 3.05) is 5.32 Å². The molecule has 0 spiro atoms. The Kier molecular flexibility index (Phi) is 5.16. The van der Waals surface area contributed by atoms with Gasteiger partial charge in [-0.15, -0.1) is 0 Å². The molecule has 0 saturated heterocycles. The number of urea groups is 1. The van der Waals surface area contributed by atoms with Gasteiger partial charge in [-0.25, -0.2) is 9.79 Å². The predicted octanol–water partition coefficient (Wildman–Crippen LogP) is 2.98. The molecular weight excluding hydrogens is 376 g/mol. The molecule has 24 heavy (non-hydrogen) atoms. The number of aromatic nitrogens is 1. The molecule has 0 bridgehead atoms. The van der Waals surface area contributed by atoms with E-state index in [1.165, 1.54) is 6.92 Å². The Bertz CT molecular complexity index is 942. The minimum Gasteiger partial charge on any atom is -0.494 e. The van der Waals surface area contributed by atoms with Crippen LogP contribution in [0, 0.1) is 25.2 Å². The van der Waals surface area contributed by atoms with Crippen molar-refractivity contribution in [2.24, 2.45) is 4.99 Å². The van der Waals surface area contributed by atoms with Crippen molar-refractivity contribution in [2.45, 2.75) is 13.8 Å². The minimum atomic E-state index is -0.695. The SMILES string of the molecule is Cc1cc(Br)ccc1NC(=O)N=Cc1c(O)[nH]c(=O)c(C#N)c1C. The van der Waals surface area contributed by atoms with Crippen LogP contribution < -0.4 is 10.9 Å². The van der Waals surface area contributed by atoms with E-state index in [1.807, 2.05) is 13.0 Å². The van der Waals surface area contributed by atoms with Gasteiger partial charge < -0.3 is 10.4 Å². The van der Waals surface area contributed by atoms with Gasteiger partial charge in [0.1, 0.15) is 11.6 Å². The molecule has 0 radical (unpaired) electrons. The average molecular weight is 389 g/mol. The van der Waals surface area contributed by atoms with Crippen molar-refractivity contribution in [3.63, 3.8) is 0 Å². The highest BCUT2D eigenvalue weighted by Gasteiger charge is 2.13. The number of anilines is 1. The number of aryl methyl sites for hydroxylation is 1. The van der Waals surface area contributed by atoms with Crippen LogP contribution in [-0.2, 0) is 0 Å². The number of nitriles is 1. The van der Waals surface area contributed by atoms with Crippen molar-refractivity contribution in [1.29, 1.82) is 5.26 Å². The smallest absolute Gasteiger partial charge is 0.345 e. The zero-order valence-corrected chi connectivity index (χ0v) is 14.4. The second-order valence-electron chi connectivity index (χ2n) is 4.98. The summed E-state index contributed by atoms with van der Waals surface area (Å²) in [5, 5.41) is 21.3. The third-order valence-corrected chi connectivity index (χ3v) is 3.84. The quantitative estimate of drug-likeness (QED) is 0.685. The molecule has 2 amide bonds. The van der Waals surface area contributed by atoms with Gasteiger partial charge in [0.15, 0.2) is 0 Å². The van der Waals surface area contributed by atoms with Crippen LogP contribution in [0.25, 0.3) is 0 Å². The maximum absolute atomic E-state index is 11.9. The molecule has 8 heteroatoms. The highest BCUT2D eigenvalue weighted by Crippen LogP contribution is 2.20. The summed E-state index contributed by atoms with van der Waals surface area (Å²) in [5.74, 6) is -0.451. The Morgan fingerprint density at radius 3 is 2.79 bits per heavy atom. The van der Waals surface area contributed by atoms with E-state index < -0.39 is 17.5 Å². The average Bonchev–Trinajstić information content (AvgIpc) is 2.50. The molecule has 122 valence electrons. The standard InChI is InChI=1S/C16H13BrN4O3/c1-8-5-10(17)3-4-13(8)20-16(24)19-7-12-9(2)11(6-18)14(22)21-15(12)23/h3-5,7H,1-2H3,(H,20,24)(H2,21,22,23). The highest BCUT2D eigenvalue weighted by atomic mass is 79.9. The molecule has 0 aliphatic heterocycles. The van der Waals surface area contributed by atoms with Gasteiger partial charge in [-0.2, -0.15) is 5.26 Å². The largest absolute Gasteiger partial charge is 0.494 e. The van der Waals surface area contributed by atoms with Crippen LogP contribution >= 0.6 is 15.9 Å². The number of hydrogen-bond acceptors (Lipinski definition) is 4. The summed E-state index contributed by atoms with van der Waals surface area (Å²) in [6.45, 7) is 3.33. The zero-order valence-electron chi connectivity index (χ0n) is 12.8. The number of hydrogen-bond donors (Lipinski definition) is 3. The Hall–Kier alpha value is -2.92. The number of benzene rings is 1. The first-order chi connectivity index (χ1) is 11.3. The second-order valence-corrected chi connectivity index (χ2v) is 5.89. The number of aromatic hydroxyl groups is 1. The number of carbonyl (C=O) groups excluding carboxylic acids is 1. The molecular formula is C16H13BrN4O3. The number of nitrogens with zero attached hydrogens (tertiary/aromatic N) is 2. The van der Waals surface area contributed by atoms with Crippen LogP contribution in [0.2, 0.25) is 0 Å². The van der Waals surface area contributed by atoms with E-state index in [0.29, 0.717) is 5.69 Å². The molecule has 0 saturated carbocycles. The molecule has 1 heterocycles. The predicted molar refractivity (Wildman–Crippen MR) is 93.7 cm³/mol. The van der Waals surface area contributed by atoms with E-state index in [-0.39, 0.29) is 16.7 Å². The van der Waals surface area contributed by atoms with Crippen LogP contribution in [0.5, 0.6) is 5.88 Å². The number of pyridine rings is 1. The van der Waals surface area contributed by atoms with Crippen LogP contribution in [0.4, 0.5) is 10.5 Å². The maximum atomic E-state index is 11.9. The van der Waals surface area contributed by atoms with E-state index in [1.54, 1.807) is 18.2 Å². The van der Waals surface area contributed by atoms with Crippen molar-refractivity contribution >= 4 is 33.9 Å². The first-order valence-electron chi connectivity index (χ1n) is 6.80. The summed E-state index contributed by atoms with van der Waals surface area (Å²) in [5.41, 5.74) is 0.963. The summed E-state index contributed by atoms with van der Waals surface area (Å²) in [4.78, 5) is 29.3. The Morgan fingerprint density at radius 2 is 2.17 bits per heavy atom. The minimum absolute atomic E-state index is 0.105. The van der Waals surface area contributed by atoms with Gasteiger partial charge in [-0.1, -0.05) is 15.9 Å². The van der Waals surface area contributed by atoms with E-state index in [0.717, 1.165) is 16.3 Å².